The molecule has 0 saturated heterocycles. The van der Waals surface area contributed by atoms with Gasteiger partial charge in [0.1, 0.15) is 5.58 Å². The van der Waals surface area contributed by atoms with Crippen molar-refractivity contribution in [3.63, 3.8) is 0 Å². The first-order valence-electron chi connectivity index (χ1n) is 9.27. The predicted octanol–water partition coefficient (Wildman–Crippen LogP) is 4.28. The van der Waals surface area contributed by atoms with Crippen LogP contribution in [0, 0.1) is 6.92 Å². The van der Waals surface area contributed by atoms with Crippen LogP contribution in [0.25, 0.3) is 16.5 Å². The molecule has 1 aromatic carbocycles. The average Bonchev–Trinajstić information content (AvgIpc) is 2.95. The summed E-state index contributed by atoms with van der Waals surface area (Å²) in [6.45, 7) is 1.69. The van der Waals surface area contributed by atoms with Crippen molar-refractivity contribution in [3.8, 4) is 0 Å². The summed E-state index contributed by atoms with van der Waals surface area (Å²) < 4.78 is 32.2. The van der Waals surface area contributed by atoms with Crippen LogP contribution in [0.3, 0.4) is 0 Å². The molecule has 3 nitrogen and oxygen atoms in total. The van der Waals surface area contributed by atoms with Crippen LogP contribution in [-0.2, 0) is 7.05 Å². The molecule has 23 heavy (non-hydrogen) atoms. The zero-order chi connectivity index (χ0) is 18.6. The molecule has 3 aromatic rings. The highest BCUT2D eigenvalue weighted by Crippen LogP contribution is 2.43. The highest BCUT2D eigenvalue weighted by atomic mass is 16.4. The Morgan fingerprint density at radius 2 is 2.09 bits per heavy atom. The molecule has 4 heteroatoms. The van der Waals surface area contributed by atoms with Crippen LogP contribution >= 0.6 is 0 Å². The topological polar surface area (TPSA) is 20.3 Å². The summed E-state index contributed by atoms with van der Waals surface area (Å²) in [6, 6.07) is 11.7. The van der Waals surface area contributed by atoms with Gasteiger partial charge in [-0.3, -0.25) is 4.81 Å². The van der Waals surface area contributed by atoms with Crippen molar-refractivity contribution in [2.24, 2.45) is 7.05 Å². The number of furan rings is 1. The molecule has 0 radical (unpaired) electrons. The number of anilines is 2. The molecular weight excluding hydrogens is 283 g/mol. The van der Waals surface area contributed by atoms with Gasteiger partial charge in [-0.15, -0.1) is 0 Å². The number of allylic oxidation sites excluding steroid dienone is 1. The predicted molar refractivity (Wildman–Crippen MR) is 96.0 cm³/mol. The van der Waals surface area contributed by atoms with E-state index in [1.165, 1.54) is 0 Å². The maximum absolute atomic E-state index is 8.01. The van der Waals surface area contributed by atoms with Gasteiger partial charge in [-0.05, 0) is 43.9 Å². The number of fused-ring (bicyclic) bond motifs is 3. The normalized spacial score (nSPS) is 16.7. The van der Waals surface area contributed by atoms with E-state index in [1.54, 1.807) is 0 Å². The van der Waals surface area contributed by atoms with Gasteiger partial charge in [0.15, 0.2) is 0 Å². The lowest BCUT2D eigenvalue weighted by atomic mass is 9.59. The monoisotopic (exact) mass is 306 g/mol. The summed E-state index contributed by atoms with van der Waals surface area (Å²) in [7, 11) is 1.98. The highest BCUT2D eigenvalue weighted by Gasteiger charge is 2.39. The second kappa shape index (κ2) is 5.02. The van der Waals surface area contributed by atoms with E-state index >= 15 is 0 Å². The summed E-state index contributed by atoms with van der Waals surface area (Å²) in [5.41, 5.74) is 2.85. The van der Waals surface area contributed by atoms with Crippen LogP contribution < -0.4 is 9.38 Å². The molecule has 0 aliphatic carbocycles. The van der Waals surface area contributed by atoms with Crippen molar-refractivity contribution >= 4 is 35.1 Å². The smallest absolute Gasteiger partial charge is 0.406 e. The molecule has 114 valence electrons. The Labute approximate surface area is 141 Å². The number of pyridine rings is 1. The van der Waals surface area contributed by atoms with E-state index in [2.05, 4.69) is 10.9 Å². The minimum atomic E-state index is -2.20. The summed E-state index contributed by atoms with van der Waals surface area (Å²) in [4.78, 5) is 2.07. The van der Waals surface area contributed by atoms with Gasteiger partial charge in [0.25, 0.3) is 11.7 Å². The van der Waals surface area contributed by atoms with Crippen LogP contribution in [0.2, 0.25) is 6.82 Å². The van der Waals surface area contributed by atoms with Crippen LogP contribution in [0.1, 0.15) is 22.1 Å². The number of benzene rings is 1. The Kier molecular flexibility index (Phi) is 2.42. The van der Waals surface area contributed by atoms with Gasteiger partial charge < -0.3 is 4.42 Å². The van der Waals surface area contributed by atoms with E-state index in [4.69, 9.17) is 8.53 Å². The third kappa shape index (κ3) is 2.09. The third-order valence-corrected chi connectivity index (χ3v) is 4.41. The number of aryl methyl sites for hydroxylation is 2. The molecule has 0 unspecified atom stereocenters. The average molecular weight is 306 g/mol. The van der Waals surface area contributed by atoms with Gasteiger partial charge in [-0.1, -0.05) is 24.2 Å². The van der Waals surface area contributed by atoms with Crippen LogP contribution in [0.5, 0.6) is 0 Å². The first kappa shape index (κ1) is 11.1. The van der Waals surface area contributed by atoms with E-state index in [0.29, 0.717) is 22.6 Å². The lowest BCUT2D eigenvalue weighted by molar-refractivity contribution is -0.658. The molecule has 3 heterocycles. The number of aromatic nitrogens is 1. The quantitative estimate of drug-likeness (QED) is 0.494. The molecule has 0 spiro atoms. The Hall–Kier alpha value is -2.49. The molecule has 0 amide bonds. The molecule has 1 aliphatic heterocycles. The standard InChI is InChI=1S/C19H20BN2O/c1-13-9-10-21(4)17(11-13)22-19-18(14(2)12-20(22)3)15-7-5-6-8-16(15)23-19/h5-12H,1-4H3/q+1/i2D3. The first-order chi connectivity index (χ1) is 12.3. The maximum atomic E-state index is 8.01. The highest BCUT2D eigenvalue weighted by molar-refractivity contribution is 6.70. The molecule has 4 rings (SSSR count). The van der Waals surface area contributed by atoms with Gasteiger partial charge in [0, 0.05) is 15.6 Å². The zero-order valence-corrected chi connectivity index (χ0v) is 13.5. The molecule has 0 atom stereocenters. The van der Waals surface area contributed by atoms with Crippen molar-refractivity contribution in [3.05, 3.63) is 59.7 Å². The third-order valence-electron chi connectivity index (χ3n) is 4.41. The molecular formula is C19H20BN2O+. The molecule has 0 bridgehead atoms. The van der Waals surface area contributed by atoms with Crippen LogP contribution in [0.4, 0.5) is 11.7 Å². The molecule has 0 N–H and O–H groups in total. The zero-order valence-electron chi connectivity index (χ0n) is 16.5. The Morgan fingerprint density at radius 3 is 2.91 bits per heavy atom. The van der Waals surface area contributed by atoms with Crippen molar-refractivity contribution in [2.45, 2.75) is 20.6 Å². The van der Waals surface area contributed by atoms with E-state index in [0.717, 1.165) is 16.8 Å². The maximum Gasteiger partial charge on any atom is 0.406 e. The fourth-order valence-electron chi connectivity index (χ4n) is 3.26. The minimum absolute atomic E-state index is 0.147. The van der Waals surface area contributed by atoms with Gasteiger partial charge in [0.2, 0.25) is 0 Å². The fourth-order valence-corrected chi connectivity index (χ4v) is 3.26. The number of rotatable bonds is 1. The van der Waals surface area contributed by atoms with Gasteiger partial charge in [0.05, 0.1) is 18.8 Å². The summed E-state index contributed by atoms with van der Waals surface area (Å²) in [5, 5.41) is 0.831. The summed E-state index contributed by atoms with van der Waals surface area (Å²) in [5.74, 6) is 3.38. The van der Waals surface area contributed by atoms with E-state index in [-0.39, 0.29) is 6.85 Å². The number of hydrogen-bond donors (Lipinski definition) is 0. The largest absolute Gasteiger partial charge is 0.423 e. The van der Waals surface area contributed by atoms with Gasteiger partial charge >= 0.3 is 6.85 Å². The second-order valence-electron chi connectivity index (χ2n) is 6.14. The first-order valence-corrected chi connectivity index (χ1v) is 7.77. The molecule has 1 aliphatic rings. The minimum Gasteiger partial charge on any atom is -0.423 e. The Morgan fingerprint density at radius 1 is 1.26 bits per heavy atom. The number of hydrogen-bond acceptors (Lipinski definition) is 2. The Balaban J connectivity index is 2.04. The fraction of sp³-hybridized carbons (Fsp3) is 0.211. The Bertz CT molecular complexity index is 1040. The van der Waals surface area contributed by atoms with Crippen molar-refractivity contribution in [1.29, 1.82) is 0 Å². The lowest BCUT2D eigenvalue weighted by Crippen LogP contribution is -2.43. The molecule has 0 fully saturated rings. The number of nitrogens with zero attached hydrogens (tertiary/aromatic N) is 2. The molecule has 0 saturated carbocycles. The van der Waals surface area contributed by atoms with Crippen molar-refractivity contribution < 1.29 is 13.1 Å². The van der Waals surface area contributed by atoms with E-state index in [9.17, 15) is 0 Å². The van der Waals surface area contributed by atoms with Crippen molar-refractivity contribution in [2.75, 3.05) is 4.81 Å². The summed E-state index contributed by atoms with van der Waals surface area (Å²) in [6.07, 6.45) is 2.00. The van der Waals surface area contributed by atoms with Crippen LogP contribution in [0.15, 0.2) is 53.0 Å². The SMILES string of the molecule is [2H]C([2H])([2H])C1=CB(C)N(c2cc(C)cc[n+]2C)c2oc3ccccc3c21. The number of para-hydroxylation sites is 1. The van der Waals surface area contributed by atoms with E-state index < -0.39 is 6.85 Å². The molecule has 2 aromatic heterocycles. The van der Waals surface area contributed by atoms with Gasteiger partial charge in [-0.25, -0.2) is 4.57 Å². The van der Waals surface area contributed by atoms with Crippen molar-refractivity contribution in [1.82, 2.24) is 0 Å². The second-order valence-corrected chi connectivity index (χ2v) is 6.14. The lowest BCUT2D eigenvalue weighted by Gasteiger charge is -2.24. The van der Waals surface area contributed by atoms with Gasteiger partial charge in [-0.2, -0.15) is 0 Å². The van der Waals surface area contributed by atoms with E-state index in [1.807, 2.05) is 67.9 Å². The van der Waals surface area contributed by atoms with Crippen LogP contribution in [-0.4, -0.2) is 6.85 Å². The summed E-state index contributed by atoms with van der Waals surface area (Å²) >= 11 is 0.